The smallest absolute Gasteiger partial charge is 0.209 e. The van der Waals surface area contributed by atoms with Crippen LogP contribution in [0.15, 0.2) is 35.2 Å². The molecule has 0 bridgehead atoms. The molecule has 1 aromatic heterocycles. The zero-order valence-electron chi connectivity index (χ0n) is 9.34. The highest BCUT2D eigenvalue weighted by Crippen LogP contribution is 2.25. The van der Waals surface area contributed by atoms with Gasteiger partial charge in [0.1, 0.15) is 0 Å². The molecule has 16 heavy (non-hydrogen) atoms. The van der Waals surface area contributed by atoms with E-state index in [1.54, 1.807) is 13.1 Å². The van der Waals surface area contributed by atoms with Crippen molar-refractivity contribution in [3.63, 3.8) is 0 Å². The van der Waals surface area contributed by atoms with E-state index in [0.29, 0.717) is 0 Å². The second-order valence-electron chi connectivity index (χ2n) is 3.47. The first kappa shape index (κ1) is 11.1. The van der Waals surface area contributed by atoms with Gasteiger partial charge in [-0.15, -0.1) is 11.8 Å². The third kappa shape index (κ3) is 2.22. The van der Waals surface area contributed by atoms with E-state index in [-0.39, 0.29) is 5.88 Å². The second kappa shape index (κ2) is 4.61. The first-order valence-corrected chi connectivity index (χ1v) is 6.15. The number of nitrogens with zero attached hydrogens (tertiary/aromatic N) is 2. The molecule has 0 aliphatic heterocycles. The fourth-order valence-electron chi connectivity index (χ4n) is 1.49. The Morgan fingerprint density at radius 2 is 2.00 bits per heavy atom. The summed E-state index contributed by atoms with van der Waals surface area (Å²) in [5, 5.41) is 13.7. The molecule has 0 saturated carbocycles. The summed E-state index contributed by atoms with van der Waals surface area (Å²) in [4.78, 5) is 1.26. The zero-order valence-corrected chi connectivity index (χ0v) is 10.2. The van der Waals surface area contributed by atoms with Gasteiger partial charge in [-0.1, -0.05) is 19.1 Å². The Labute approximate surface area is 99.1 Å². The van der Waals surface area contributed by atoms with Crippen LogP contribution in [-0.2, 0) is 7.05 Å². The Kier molecular flexibility index (Phi) is 3.19. The van der Waals surface area contributed by atoms with Crippen LogP contribution in [0.3, 0.4) is 0 Å². The average Bonchev–Trinajstić information content (AvgIpc) is 2.61. The molecule has 0 spiro atoms. The van der Waals surface area contributed by atoms with Crippen molar-refractivity contribution in [2.45, 2.75) is 11.8 Å². The summed E-state index contributed by atoms with van der Waals surface area (Å²) in [6, 6.07) is 9.88. The van der Waals surface area contributed by atoms with Crippen LogP contribution in [0.1, 0.15) is 6.92 Å². The number of hydrogen-bond donors (Lipinski definition) is 1. The van der Waals surface area contributed by atoms with Gasteiger partial charge in [0, 0.05) is 23.6 Å². The largest absolute Gasteiger partial charge is 0.493 e. The van der Waals surface area contributed by atoms with Crippen LogP contribution < -0.4 is 0 Å². The van der Waals surface area contributed by atoms with Crippen LogP contribution in [0.2, 0.25) is 0 Å². The van der Waals surface area contributed by atoms with Crippen LogP contribution in [0.4, 0.5) is 0 Å². The Balaban J connectivity index is 2.27. The monoisotopic (exact) mass is 234 g/mol. The second-order valence-corrected chi connectivity index (χ2v) is 4.81. The fraction of sp³-hybridized carbons (Fsp3) is 0.250. The molecule has 3 nitrogen and oxygen atoms in total. The molecule has 1 heterocycles. The molecular weight excluding hydrogens is 220 g/mol. The minimum absolute atomic E-state index is 0.182. The van der Waals surface area contributed by atoms with Crippen LogP contribution in [-0.4, -0.2) is 20.6 Å². The minimum Gasteiger partial charge on any atom is -0.493 e. The Bertz CT molecular complexity index is 457. The highest BCUT2D eigenvalue weighted by molar-refractivity contribution is 7.99. The number of aromatic nitrogens is 2. The highest BCUT2D eigenvalue weighted by Gasteiger charge is 2.05. The lowest BCUT2D eigenvalue weighted by Gasteiger charge is -1.99. The Morgan fingerprint density at radius 3 is 2.50 bits per heavy atom. The van der Waals surface area contributed by atoms with Crippen molar-refractivity contribution in [1.29, 1.82) is 0 Å². The van der Waals surface area contributed by atoms with Gasteiger partial charge in [0.25, 0.3) is 0 Å². The van der Waals surface area contributed by atoms with E-state index in [9.17, 15) is 5.11 Å². The summed E-state index contributed by atoms with van der Waals surface area (Å²) in [7, 11) is 1.72. The minimum atomic E-state index is 0.182. The molecule has 0 saturated heterocycles. The normalized spacial score (nSPS) is 10.6. The standard InChI is InChI=1S/C12H14N2OS/c1-3-16-10-6-4-9(5-7-10)11-8-12(15)14(2)13-11/h4-8,15H,3H2,1-2H3. The molecule has 0 atom stereocenters. The maximum absolute atomic E-state index is 9.44. The molecule has 0 fully saturated rings. The van der Waals surface area contributed by atoms with Crippen LogP contribution in [0.25, 0.3) is 11.3 Å². The van der Waals surface area contributed by atoms with Gasteiger partial charge >= 0.3 is 0 Å². The van der Waals surface area contributed by atoms with E-state index in [1.165, 1.54) is 9.58 Å². The lowest BCUT2D eigenvalue weighted by molar-refractivity contribution is 0.419. The van der Waals surface area contributed by atoms with Gasteiger partial charge in [-0.3, -0.25) is 0 Å². The van der Waals surface area contributed by atoms with E-state index in [2.05, 4.69) is 24.2 Å². The topological polar surface area (TPSA) is 38.0 Å². The molecule has 0 aliphatic carbocycles. The number of benzene rings is 1. The number of rotatable bonds is 3. The first-order valence-electron chi connectivity index (χ1n) is 5.17. The van der Waals surface area contributed by atoms with E-state index < -0.39 is 0 Å². The highest BCUT2D eigenvalue weighted by atomic mass is 32.2. The average molecular weight is 234 g/mol. The molecule has 0 aliphatic rings. The molecule has 0 radical (unpaired) electrons. The maximum Gasteiger partial charge on any atom is 0.209 e. The number of aromatic hydroxyl groups is 1. The van der Waals surface area contributed by atoms with Crippen molar-refractivity contribution in [2.75, 3.05) is 5.75 Å². The van der Waals surface area contributed by atoms with Gasteiger partial charge < -0.3 is 5.11 Å². The summed E-state index contributed by atoms with van der Waals surface area (Å²) >= 11 is 1.81. The SMILES string of the molecule is CCSc1ccc(-c2cc(O)n(C)n2)cc1. The predicted octanol–water partition coefficient (Wildman–Crippen LogP) is 2.90. The third-order valence-electron chi connectivity index (χ3n) is 2.32. The molecule has 0 unspecified atom stereocenters. The van der Waals surface area contributed by atoms with Crippen LogP contribution in [0, 0.1) is 0 Å². The predicted molar refractivity (Wildman–Crippen MR) is 66.7 cm³/mol. The lowest BCUT2D eigenvalue weighted by Crippen LogP contribution is -1.89. The van der Waals surface area contributed by atoms with Crippen molar-refractivity contribution in [1.82, 2.24) is 9.78 Å². The molecule has 2 rings (SSSR count). The van der Waals surface area contributed by atoms with Crippen molar-refractivity contribution in [3.8, 4) is 17.1 Å². The van der Waals surface area contributed by atoms with Gasteiger partial charge in [0.05, 0.1) is 5.69 Å². The molecule has 1 aromatic carbocycles. The maximum atomic E-state index is 9.44. The summed E-state index contributed by atoms with van der Waals surface area (Å²) in [5.41, 5.74) is 1.82. The van der Waals surface area contributed by atoms with E-state index in [0.717, 1.165) is 17.0 Å². The zero-order chi connectivity index (χ0) is 11.5. The number of aryl methyl sites for hydroxylation is 1. The van der Waals surface area contributed by atoms with E-state index in [4.69, 9.17) is 0 Å². The summed E-state index contributed by atoms with van der Waals surface area (Å²) in [5.74, 6) is 1.26. The van der Waals surface area contributed by atoms with Gasteiger partial charge in [-0.25, -0.2) is 4.68 Å². The summed E-state index contributed by atoms with van der Waals surface area (Å²) in [6.45, 7) is 2.13. The molecule has 2 aromatic rings. The Morgan fingerprint density at radius 1 is 1.31 bits per heavy atom. The van der Waals surface area contributed by atoms with Crippen LogP contribution in [0.5, 0.6) is 5.88 Å². The lowest BCUT2D eigenvalue weighted by atomic mass is 10.2. The van der Waals surface area contributed by atoms with Crippen molar-refractivity contribution >= 4 is 11.8 Å². The Hall–Kier alpha value is -1.42. The quantitative estimate of drug-likeness (QED) is 0.830. The molecule has 0 amide bonds. The van der Waals surface area contributed by atoms with Crippen LogP contribution >= 0.6 is 11.8 Å². The number of hydrogen-bond acceptors (Lipinski definition) is 3. The molecular formula is C12H14N2OS. The number of thioether (sulfide) groups is 1. The van der Waals surface area contributed by atoms with Gasteiger partial charge in [-0.05, 0) is 17.9 Å². The summed E-state index contributed by atoms with van der Waals surface area (Å²) in [6.07, 6.45) is 0. The van der Waals surface area contributed by atoms with E-state index in [1.807, 2.05) is 23.9 Å². The van der Waals surface area contributed by atoms with Crippen molar-refractivity contribution < 1.29 is 5.11 Å². The fourth-order valence-corrected chi connectivity index (χ4v) is 2.15. The van der Waals surface area contributed by atoms with E-state index >= 15 is 0 Å². The van der Waals surface area contributed by atoms with Crippen molar-refractivity contribution in [3.05, 3.63) is 30.3 Å². The van der Waals surface area contributed by atoms with Gasteiger partial charge in [0.2, 0.25) is 5.88 Å². The third-order valence-corrected chi connectivity index (χ3v) is 3.21. The molecule has 4 heteroatoms. The van der Waals surface area contributed by atoms with Gasteiger partial charge in [0.15, 0.2) is 0 Å². The first-order chi connectivity index (χ1) is 7.70. The molecule has 84 valence electrons. The van der Waals surface area contributed by atoms with Crippen molar-refractivity contribution in [2.24, 2.45) is 7.05 Å². The summed E-state index contributed by atoms with van der Waals surface area (Å²) < 4.78 is 1.46. The van der Waals surface area contributed by atoms with Gasteiger partial charge in [-0.2, -0.15) is 5.10 Å². The molecule has 1 N–H and O–H groups in total.